The van der Waals surface area contributed by atoms with Gasteiger partial charge in [-0.25, -0.2) is 4.79 Å². The Labute approximate surface area is 112 Å². The van der Waals surface area contributed by atoms with Crippen molar-refractivity contribution in [2.45, 2.75) is 25.6 Å². The Morgan fingerprint density at radius 1 is 1.35 bits per heavy atom. The van der Waals surface area contributed by atoms with Crippen molar-refractivity contribution in [1.82, 2.24) is 0 Å². The third-order valence-electron chi connectivity index (χ3n) is 2.40. The zero-order valence-electron chi connectivity index (χ0n) is 9.84. The molecule has 0 amide bonds. The van der Waals surface area contributed by atoms with Gasteiger partial charge in [-0.1, -0.05) is 12.1 Å². The van der Waals surface area contributed by atoms with E-state index in [0.717, 1.165) is 24.0 Å². The molecule has 1 rings (SSSR count). The SMILES string of the molecule is CCOC(=O)c1cc(CCl)ccc1CCCCl. The second-order valence-electron chi connectivity index (χ2n) is 3.64. The summed E-state index contributed by atoms with van der Waals surface area (Å²) in [7, 11) is 0. The van der Waals surface area contributed by atoms with Gasteiger partial charge < -0.3 is 4.74 Å². The Morgan fingerprint density at radius 2 is 2.12 bits per heavy atom. The molecule has 0 unspecified atom stereocenters. The Hall–Kier alpha value is -0.730. The largest absolute Gasteiger partial charge is 0.462 e. The van der Waals surface area contributed by atoms with Gasteiger partial charge in [0.2, 0.25) is 0 Å². The van der Waals surface area contributed by atoms with Crippen LogP contribution in [-0.4, -0.2) is 18.5 Å². The van der Waals surface area contributed by atoms with Crippen LogP contribution in [0.15, 0.2) is 18.2 Å². The van der Waals surface area contributed by atoms with Crippen molar-refractivity contribution in [1.29, 1.82) is 0 Å². The molecule has 1 aromatic carbocycles. The van der Waals surface area contributed by atoms with Crippen molar-refractivity contribution in [3.8, 4) is 0 Å². The number of ether oxygens (including phenoxy) is 1. The van der Waals surface area contributed by atoms with E-state index in [0.29, 0.717) is 23.9 Å². The molecule has 1 aromatic rings. The molecule has 0 heterocycles. The van der Waals surface area contributed by atoms with Crippen molar-refractivity contribution in [3.05, 3.63) is 34.9 Å². The highest BCUT2D eigenvalue weighted by atomic mass is 35.5. The summed E-state index contributed by atoms with van der Waals surface area (Å²) < 4.78 is 5.03. The molecule has 4 heteroatoms. The quantitative estimate of drug-likeness (QED) is 0.583. The van der Waals surface area contributed by atoms with Crippen LogP contribution in [0.5, 0.6) is 0 Å². The van der Waals surface area contributed by atoms with Crippen LogP contribution in [-0.2, 0) is 17.0 Å². The Balaban J connectivity index is 2.98. The second-order valence-corrected chi connectivity index (χ2v) is 4.28. The lowest BCUT2D eigenvalue weighted by molar-refractivity contribution is 0.0525. The Morgan fingerprint density at radius 3 is 2.71 bits per heavy atom. The first-order chi connectivity index (χ1) is 8.22. The summed E-state index contributed by atoms with van der Waals surface area (Å²) in [5.74, 6) is 0.686. The minimum atomic E-state index is -0.288. The van der Waals surface area contributed by atoms with E-state index in [1.54, 1.807) is 13.0 Å². The van der Waals surface area contributed by atoms with Gasteiger partial charge in [0.1, 0.15) is 0 Å². The molecule has 17 heavy (non-hydrogen) atoms. The third-order valence-corrected chi connectivity index (χ3v) is 2.98. The van der Waals surface area contributed by atoms with Crippen molar-refractivity contribution in [3.63, 3.8) is 0 Å². The van der Waals surface area contributed by atoms with Crippen LogP contribution in [0, 0.1) is 0 Å². The molecule has 0 spiro atoms. The van der Waals surface area contributed by atoms with E-state index in [9.17, 15) is 4.79 Å². The number of carbonyl (C=O) groups is 1. The van der Waals surface area contributed by atoms with E-state index in [1.807, 2.05) is 12.1 Å². The first kappa shape index (κ1) is 14.3. The number of hydrogen-bond donors (Lipinski definition) is 0. The first-order valence-electron chi connectivity index (χ1n) is 5.63. The smallest absolute Gasteiger partial charge is 0.338 e. The van der Waals surface area contributed by atoms with Gasteiger partial charge in [0.15, 0.2) is 0 Å². The zero-order chi connectivity index (χ0) is 12.7. The molecule has 0 aliphatic carbocycles. The second kappa shape index (κ2) is 7.57. The number of aryl methyl sites for hydroxylation is 1. The molecule has 94 valence electrons. The Bertz CT molecular complexity index is 378. The fourth-order valence-corrected chi connectivity index (χ4v) is 1.88. The lowest BCUT2D eigenvalue weighted by Gasteiger charge is -2.09. The number of carbonyl (C=O) groups excluding carboxylic acids is 1. The predicted octanol–water partition coefficient (Wildman–Crippen LogP) is 3.77. The molecular formula is C13H16Cl2O2. The molecule has 0 saturated heterocycles. The molecule has 0 aliphatic heterocycles. The number of esters is 1. The number of rotatable bonds is 6. The molecule has 0 atom stereocenters. The van der Waals surface area contributed by atoms with Crippen molar-refractivity contribution < 1.29 is 9.53 Å². The van der Waals surface area contributed by atoms with Crippen LogP contribution in [0.2, 0.25) is 0 Å². The summed E-state index contributed by atoms with van der Waals surface area (Å²) in [5, 5.41) is 0. The van der Waals surface area contributed by atoms with Gasteiger partial charge in [-0.3, -0.25) is 0 Å². The molecule has 2 nitrogen and oxygen atoms in total. The fourth-order valence-electron chi connectivity index (χ4n) is 1.58. The maximum Gasteiger partial charge on any atom is 0.338 e. The Kier molecular flexibility index (Phi) is 6.38. The van der Waals surface area contributed by atoms with Gasteiger partial charge in [-0.05, 0) is 37.0 Å². The average Bonchev–Trinajstić information content (AvgIpc) is 2.36. The van der Waals surface area contributed by atoms with Crippen LogP contribution in [0.3, 0.4) is 0 Å². The van der Waals surface area contributed by atoms with E-state index in [-0.39, 0.29) is 5.97 Å². The van der Waals surface area contributed by atoms with Crippen LogP contribution in [0.25, 0.3) is 0 Å². The van der Waals surface area contributed by atoms with Gasteiger partial charge in [0.25, 0.3) is 0 Å². The molecule has 0 bridgehead atoms. The van der Waals surface area contributed by atoms with Crippen LogP contribution < -0.4 is 0 Å². The van der Waals surface area contributed by atoms with Crippen LogP contribution in [0.1, 0.15) is 34.8 Å². The maximum absolute atomic E-state index is 11.8. The summed E-state index contributed by atoms with van der Waals surface area (Å²) in [6.07, 6.45) is 1.62. The highest BCUT2D eigenvalue weighted by Gasteiger charge is 2.12. The van der Waals surface area contributed by atoms with E-state index < -0.39 is 0 Å². The lowest BCUT2D eigenvalue weighted by atomic mass is 10.0. The normalized spacial score (nSPS) is 10.3. The molecule has 0 aliphatic rings. The highest BCUT2D eigenvalue weighted by molar-refractivity contribution is 6.17. The van der Waals surface area contributed by atoms with Crippen molar-refractivity contribution in [2.24, 2.45) is 0 Å². The summed E-state index contributed by atoms with van der Waals surface area (Å²) in [4.78, 5) is 11.8. The predicted molar refractivity (Wildman–Crippen MR) is 71.0 cm³/mol. The van der Waals surface area contributed by atoms with E-state index in [4.69, 9.17) is 27.9 Å². The van der Waals surface area contributed by atoms with Gasteiger partial charge in [-0.2, -0.15) is 0 Å². The fraction of sp³-hybridized carbons (Fsp3) is 0.462. The minimum absolute atomic E-state index is 0.288. The average molecular weight is 275 g/mol. The van der Waals surface area contributed by atoms with Crippen molar-refractivity contribution in [2.75, 3.05) is 12.5 Å². The number of benzene rings is 1. The molecule has 0 N–H and O–H groups in total. The van der Waals surface area contributed by atoms with Gasteiger partial charge in [0.05, 0.1) is 12.2 Å². The summed E-state index contributed by atoms with van der Waals surface area (Å²) >= 11 is 11.4. The van der Waals surface area contributed by atoms with Gasteiger partial charge in [0, 0.05) is 11.8 Å². The molecule has 0 fully saturated rings. The van der Waals surface area contributed by atoms with Crippen molar-refractivity contribution >= 4 is 29.2 Å². The number of halogens is 2. The molecule has 0 saturated carbocycles. The number of hydrogen-bond acceptors (Lipinski definition) is 2. The van der Waals surface area contributed by atoms with Gasteiger partial charge >= 0.3 is 5.97 Å². The summed E-state index contributed by atoms with van der Waals surface area (Å²) in [6, 6.07) is 5.66. The maximum atomic E-state index is 11.8. The van der Waals surface area contributed by atoms with E-state index in [1.165, 1.54) is 0 Å². The molecule has 0 radical (unpaired) electrons. The monoisotopic (exact) mass is 274 g/mol. The number of alkyl halides is 2. The van der Waals surface area contributed by atoms with Crippen LogP contribution in [0.4, 0.5) is 0 Å². The van der Waals surface area contributed by atoms with Gasteiger partial charge in [-0.15, -0.1) is 23.2 Å². The third kappa shape index (κ3) is 4.21. The van der Waals surface area contributed by atoms with E-state index in [2.05, 4.69) is 0 Å². The first-order valence-corrected chi connectivity index (χ1v) is 6.70. The van der Waals surface area contributed by atoms with E-state index >= 15 is 0 Å². The summed E-state index contributed by atoms with van der Waals surface area (Å²) in [6.45, 7) is 2.17. The minimum Gasteiger partial charge on any atom is -0.462 e. The topological polar surface area (TPSA) is 26.3 Å². The molecule has 0 aromatic heterocycles. The molecular weight excluding hydrogens is 259 g/mol. The van der Waals surface area contributed by atoms with Crippen LogP contribution >= 0.6 is 23.2 Å². The highest BCUT2D eigenvalue weighted by Crippen LogP contribution is 2.17. The summed E-state index contributed by atoms with van der Waals surface area (Å²) in [5.41, 5.74) is 2.50. The standard InChI is InChI=1S/C13H16Cl2O2/c1-2-17-13(16)12-8-10(9-15)5-6-11(12)4-3-7-14/h5-6,8H,2-4,7,9H2,1H3. The zero-order valence-corrected chi connectivity index (χ0v) is 11.4. The lowest BCUT2D eigenvalue weighted by Crippen LogP contribution is -2.09.